The molecule has 0 aromatic carbocycles. The fourth-order valence-electron chi connectivity index (χ4n) is 4.15. The lowest BCUT2D eigenvalue weighted by atomic mass is 10.1. The highest BCUT2D eigenvalue weighted by Crippen LogP contribution is 2.40. The molecular weight excluding hydrogens is 422 g/mol. The Morgan fingerprint density at radius 3 is 2.85 bits per heavy atom. The number of nitrogens with zero attached hydrogens (tertiary/aromatic N) is 7. The first-order valence-corrected chi connectivity index (χ1v) is 11.0. The Labute approximate surface area is 189 Å². The van der Waals surface area contributed by atoms with Crippen LogP contribution in [0.15, 0.2) is 41.3 Å². The van der Waals surface area contributed by atoms with Crippen molar-refractivity contribution < 1.29 is 9.26 Å². The number of hydrogen-bond donors (Lipinski definition) is 2. The van der Waals surface area contributed by atoms with Crippen molar-refractivity contribution in [1.82, 2.24) is 35.3 Å². The zero-order valence-electron chi connectivity index (χ0n) is 18.1. The molecule has 6 rings (SSSR count). The summed E-state index contributed by atoms with van der Waals surface area (Å²) in [4.78, 5) is 19.9. The van der Waals surface area contributed by atoms with Gasteiger partial charge in [0.05, 0.1) is 19.3 Å². The quantitative estimate of drug-likeness (QED) is 0.435. The first-order valence-electron chi connectivity index (χ1n) is 11.0. The molecule has 1 saturated carbocycles. The maximum atomic E-state index is 5.69. The van der Waals surface area contributed by atoms with Crippen LogP contribution < -0.4 is 15.0 Å². The van der Waals surface area contributed by atoms with E-state index < -0.39 is 0 Å². The molecule has 1 saturated heterocycles. The first-order chi connectivity index (χ1) is 16.3. The van der Waals surface area contributed by atoms with Gasteiger partial charge in [-0.25, -0.2) is 0 Å². The number of anilines is 3. The summed E-state index contributed by atoms with van der Waals surface area (Å²) in [5.41, 5.74) is 2.48. The summed E-state index contributed by atoms with van der Waals surface area (Å²) in [6, 6.07) is 5.68. The van der Waals surface area contributed by atoms with E-state index in [0.717, 1.165) is 36.7 Å². The van der Waals surface area contributed by atoms with E-state index in [4.69, 9.17) is 14.2 Å². The summed E-state index contributed by atoms with van der Waals surface area (Å²) in [6.07, 6.45) is 9.25. The van der Waals surface area contributed by atoms with Crippen LogP contribution >= 0.6 is 0 Å². The molecule has 0 spiro atoms. The molecule has 0 radical (unpaired) electrons. The van der Waals surface area contributed by atoms with E-state index in [1.54, 1.807) is 31.8 Å². The van der Waals surface area contributed by atoms with Crippen molar-refractivity contribution >= 4 is 17.6 Å². The van der Waals surface area contributed by atoms with Gasteiger partial charge in [-0.1, -0.05) is 5.16 Å². The monoisotopic (exact) mass is 445 g/mol. The maximum absolute atomic E-state index is 5.69. The summed E-state index contributed by atoms with van der Waals surface area (Å²) < 4.78 is 11.1. The van der Waals surface area contributed by atoms with Crippen LogP contribution in [0.4, 0.5) is 17.6 Å². The van der Waals surface area contributed by atoms with Crippen molar-refractivity contribution in [1.29, 1.82) is 0 Å². The van der Waals surface area contributed by atoms with Crippen LogP contribution in [0.1, 0.15) is 49.1 Å². The van der Waals surface area contributed by atoms with Crippen LogP contribution in [0.2, 0.25) is 0 Å². The highest BCUT2D eigenvalue weighted by Gasteiger charge is 2.32. The molecule has 1 atom stereocenters. The van der Waals surface area contributed by atoms with Crippen LogP contribution in [0.3, 0.4) is 0 Å². The lowest BCUT2D eigenvalue weighted by Crippen LogP contribution is -2.24. The number of ether oxygens (including phenoxy) is 1. The van der Waals surface area contributed by atoms with Gasteiger partial charge in [-0.15, -0.1) is 0 Å². The number of hydrogen-bond acceptors (Lipinski definition) is 10. The van der Waals surface area contributed by atoms with Gasteiger partial charge >= 0.3 is 0 Å². The zero-order valence-corrected chi connectivity index (χ0v) is 18.1. The minimum atomic E-state index is -0.0327. The Morgan fingerprint density at radius 2 is 2.03 bits per heavy atom. The summed E-state index contributed by atoms with van der Waals surface area (Å²) in [6.45, 7) is 0.798. The van der Waals surface area contributed by atoms with Crippen molar-refractivity contribution in [3.63, 3.8) is 0 Å². The van der Waals surface area contributed by atoms with Gasteiger partial charge in [0.1, 0.15) is 17.2 Å². The molecule has 0 bridgehead atoms. The standard InChI is InChI=1S/C22H23N9O2/c1-32-21-11-19(25-20-10-14(28-29-20)13-4-5-13)26-22(27-21)31-8-2-3-17(31)18-9-15(30-33-18)16-12-23-6-7-24-16/h6-7,9-13,17H,2-5,8H2,1H3,(H2,25,26,27,28,29)/t17-/m0/s1. The number of nitrogens with one attached hydrogen (secondary N) is 2. The SMILES string of the molecule is COc1cc(Nc2cc(C3CC3)[nH]n2)nc(N2CCC[C@H]2c2cc(-c3cnccn3)no2)n1. The molecule has 1 aliphatic carbocycles. The third-order valence-electron chi connectivity index (χ3n) is 5.96. The van der Waals surface area contributed by atoms with Gasteiger partial charge in [0.25, 0.3) is 0 Å². The third kappa shape index (κ3) is 3.97. The van der Waals surface area contributed by atoms with Crippen molar-refractivity contribution in [2.75, 3.05) is 23.9 Å². The second-order valence-electron chi connectivity index (χ2n) is 8.26. The number of methoxy groups -OCH3 is 1. The van der Waals surface area contributed by atoms with Crippen molar-refractivity contribution in [2.24, 2.45) is 0 Å². The predicted molar refractivity (Wildman–Crippen MR) is 119 cm³/mol. The van der Waals surface area contributed by atoms with Crippen LogP contribution in [-0.4, -0.2) is 48.9 Å². The molecule has 11 heteroatoms. The summed E-state index contributed by atoms with van der Waals surface area (Å²) in [7, 11) is 1.60. The molecule has 1 aliphatic heterocycles. The van der Waals surface area contributed by atoms with Crippen LogP contribution in [0, 0.1) is 0 Å². The van der Waals surface area contributed by atoms with E-state index >= 15 is 0 Å². The molecule has 2 fully saturated rings. The first kappa shape index (κ1) is 19.6. The van der Waals surface area contributed by atoms with Gasteiger partial charge in [-0.2, -0.15) is 15.1 Å². The van der Waals surface area contributed by atoms with E-state index in [-0.39, 0.29) is 6.04 Å². The number of aromatic nitrogens is 7. The number of H-pyrrole nitrogens is 1. The van der Waals surface area contributed by atoms with Crippen LogP contribution in [0.25, 0.3) is 11.4 Å². The molecule has 2 N–H and O–H groups in total. The largest absolute Gasteiger partial charge is 0.481 e. The van der Waals surface area contributed by atoms with Crippen LogP contribution in [0.5, 0.6) is 5.88 Å². The second kappa shape index (κ2) is 8.15. The molecule has 0 unspecified atom stereocenters. The summed E-state index contributed by atoms with van der Waals surface area (Å²) >= 11 is 0. The Morgan fingerprint density at radius 1 is 1.09 bits per heavy atom. The Hall–Kier alpha value is -4.02. The zero-order chi connectivity index (χ0) is 22.2. The number of rotatable bonds is 7. The minimum absolute atomic E-state index is 0.0327. The minimum Gasteiger partial charge on any atom is -0.481 e. The van der Waals surface area contributed by atoms with Gasteiger partial charge in [0.2, 0.25) is 11.8 Å². The maximum Gasteiger partial charge on any atom is 0.231 e. The van der Waals surface area contributed by atoms with E-state index in [1.807, 2.05) is 12.1 Å². The summed E-state index contributed by atoms with van der Waals surface area (Å²) in [5.74, 6) is 3.73. The van der Waals surface area contributed by atoms with E-state index in [2.05, 4.69) is 40.5 Å². The lowest BCUT2D eigenvalue weighted by Gasteiger charge is -2.23. The molecule has 5 heterocycles. The smallest absolute Gasteiger partial charge is 0.231 e. The van der Waals surface area contributed by atoms with Gasteiger partial charge in [0, 0.05) is 48.7 Å². The Balaban J connectivity index is 1.27. The lowest BCUT2D eigenvalue weighted by molar-refractivity contribution is 0.361. The topological polar surface area (TPSA) is 131 Å². The van der Waals surface area contributed by atoms with Crippen LogP contribution in [-0.2, 0) is 0 Å². The molecule has 4 aromatic heterocycles. The van der Waals surface area contributed by atoms with Gasteiger partial charge < -0.3 is 19.5 Å². The van der Waals surface area contributed by atoms with E-state index in [0.29, 0.717) is 35.0 Å². The molecule has 0 amide bonds. The molecule has 2 aliphatic rings. The number of aromatic amines is 1. The van der Waals surface area contributed by atoms with E-state index in [9.17, 15) is 0 Å². The predicted octanol–water partition coefficient (Wildman–Crippen LogP) is 3.62. The average molecular weight is 445 g/mol. The summed E-state index contributed by atoms with van der Waals surface area (Å²) in [5, 5.41) is 14.9. The van der Waals surface area contributed by atoms with Gasteiger partial charge in [-0.3, -0.25) is 15.1 Å². The molecule has 168 valence electrons. The molecule has 4 aromatic rings. The fraction of sp³-hybridized carbons (Fsp3) is 0.364. The van der Waals surface area contributed by atoms with E-state index in [1.165, 1.54) is 12.8 Å². The molecular formula is C22H23N9O2. The second-order valence-corrected chi connectivity index (χ2v) is 8.26. The fourth-order valence-corrected chi connectivity index (χ4v) is 4.15. The third-order valence-corrected chi connectivity index (χ3v) is 5.96. The average Bonchev–Trinajstić information content (AvgIpc) is 3.23. The normalized spacial score (nSPS) is 18.0. The van der Waals surface area contributed by atoms with Crippen molar-refractivity contribution in [3.05, 3.63) is 48.2 Å². The molecule has 11 nitrogen and oxygen atoms in total. The molecule has 33 heavy (non-hydrogen) atoms. The Kier molecular flexibility index (Phi) is 4.85. The van der Waals surface area contributed by atoms with Crippen molar-refractivity contribution in [2.45, 2.75) is 37.6 Å². The van der Waals surface area contributed by atoms with Gasteiger partial charge in [0.15, 0.2) is 11.6 Å². The van der Waals surface area contributed by atoms with Gasteiger partial charge in [-0.05, 0) is 25.7 Å². The highest BCUT2D eigenvalue weighted by molar-refractivity contribution is 5.57. The highest BCUT2D eigenvalue weighted by atomic mass is 16.5. The van der Waals surface area contributed by atoms with Crippen molar-refractivity contribution in [3.8, 4) is 17.3 Å². The Bertz CT molecular complexity index is 1250.